The fourth-order valence-corrected chi connectivity index (χ4v) is 2.70. The summed E-state index contributed by atoms with van der Waals surface area (Å²) in [5.74, 6) is 1.79. The molecule has 1 aromatic heterocycles. The van der Waals surface area contributed by atoms with Crippen LogP contribution in [0.2, 0.25) is 0 Å². The smallest absolute Gasteiger partial charge is 0.208 e. The van der Waals surface area contributed by atoms with Crippen molar-refractivity contribution in [1.29, 1.82) is 0 Å². The van der Waals surface area contributed by atoms with Crippen molar-refractivity contribution >= 4 is 11.0 Å². The van der Waals surface area contributed by atoms with Gasteiger partial charge in [-0.15, -0.1) is 0 Å². The molecule has 0 unspecified atom stereocenters. The summed E-state index contributed by atoms with van der Waals surface area (Å²) < 4.78 is 26.9. The largest absolute Gasteiger partial charge is 0.497 e. The Morgan fingerprint density at radius 2 is 1.52 bits per heavy atom. The Labute approximate surface area is 144 Å². The van der Waals surface area contributed by atoms with Crippen LogP contribution in [0.15, 0.2) is 45.8 Å². The zero-order valence-electron chi connectivity index (χ0n) is 14.4. The third kappa shape index (κ3) is 2.76. The molecular formula is C19H18O6. The second-order valence-electron chi connectivity index (χ2n) is 5.23. The summed E-state index contributed by atoms with van der Waals surface area (Å²) in [6.07, 6.45) is 1.42. The van der Waals surface area contributed by atoms with Crippen molar-refractivity contribution in [3.05, 3.63) is 46.8 Å². The molecule has 0 fully saturated rings. The van der Waals surface area contributed by atoms with E-state index >= 15 is 0 Å². The summed E-state index contributed by atoms with van der Waals surface area (Å²) in [4.78, 5) is 13.0. The molecule has 0 aliphatic rings. The number of ether oxygens (including phenoxy) is 4. The second-order valence-corrected chi connectivity index (χ2v) is 5.23. The Morgan fingerprint density at radius 1 is 0.840 bits per heavy atom. The highest BCUT2D eigenvalue weighted by Crippen LogP contribution is 2.42. The molecule has 0 radical (unpaired) electrons. The van der Waals surface area contributed by atoms with Crippen LogP contribution in [0.25, 0.3) is 22.1 Å². The van der Waals surface area contributed by atoms with E-state index in [0.29, 0.717) is 39.5 Å². The van der Waals surface area contributed by atoms with Gasteiger partial charge in [0.05, 0.1) is 39.4 Å². The van der Waals surface area contributed by atoms with Crippen molar-refractivity contribution in [3.8, 4) is 34.1 Å². The topological polar surface area (TPSA) is 67.1 Å². The van der Waals surface area contributed by atoms with E-state index in [9.17, 15) is 4.79 Å². The highest BCUT2D eigenvalue weighted by molar-refractivity contribution is 5.90. The first-order valence-electron chi connectivity index (χ1n) is 7.53. The summed E-state index contributed by atoms with van der Waals surface area (Å²) in [5, 5.41) is 0.350. The zero-order valence-corrected chi connectivity index (χ0v) is 14.4. The van der Waals surface area contributed by atoms with E-state index in [1.807, 2.05) is 0 Å². The van der Waals surface area contributed by atoms with Crippen molar-refractivity contribution < 1.29 is 23.4 Å². The van der Waals surface area contributed by atoms with Crippen LogP contribution in [-0.2, 0) is 0 Å². The molecule has 0 aliphatic carbocycles. The lowest BCUT2D eigenvalue weighted by Crippen LogP contribution is -2.07. The third-order valence-electron chi connectivity index (χ3n) is 3.97. The summed E-state index contributed by atoms with van der Waals surface area (Å²) in [7, 11) is 6.06. The molecule has 2 aromatic carbocycles. The SMILES string of the molecule is COc1ccc(-c2coc3c(OC)c(OC)c(OC)cc3c2=O)cc1. The van der Waals surface area contributed by atoms with Crippen molar-refractivity contribution in [2.45, 2.75) is 0 Å². The molecule has 3 rings (SSSR count). The molecule has 6 nitrogen and oxygen atoms in total. The van der Waals surface area contributed by atoms with E-state index in [1.54, 1.807) is 37.4 Å². The molecule has 130 valence electrons. The van der Waals surface area contributed by atoms with E-state index in [1.165, 1.54) is 27.6 Å². The molecule has 0 aliphatic heterocycles. The minimum absolute atomic E-state index is 0.189. The van der Waals surface area contributed by atoms with Gasteiger partial charge in [-0.2, -0.15) is 0 Å². The molecule has 6 heteroatoms. The summed E-state index contributed by atoms with van der Waals surface area (Å²) in [6.45, 7) is 0. The molecular weight excluding hydrogens is 324 g/mol. The number of hydrogen-bond acceptors (Lipinski definition) is 6. The van der Waals surface area contributed by atoms with Gasteiger partial charge in [0, 0.05) is 0 Å². The molecule has 1 heterocycles. The van der Waals surface area contributed by atoms with E-state index in [0.717, 1.165) is 5.56 Å². The van der Waals surface area contributed by atoms with Gasteiger partial charge in [-0.3, -0.25) is 4.79 Å². The summed E-state index contributed by atoms with van der Waals surface area (Å²) in [5.41, 5.74) is 1.28. The number of hydrogen-bond donors (Lipinski definition) is 0. The molecule has 0 saturated carbocycles. The predicted molar refractivity (Wildman–Crippen MR) is 94.1 cm³/mol. The molecule has 0 bridgehead atoms. The standard InChI is InChI=1S/C19H18O6/c1-21-12-7-5-11(6-8-12)14-10-25-17-13(16(14)20)9-15(22-2)18(23-3)19(17)24-4/h5-10H,1-4H3. The van der Waals surface area contributed by atoms with E-state index < -0.39 is 0 Å². The predicted octanol–water partition coefficient (Wildman–Crippen LogP) is 3.49. The van der Waals surface area contributed by atoms with Crippen molar-refractivity contribution in [2.24, 2.45) is 0 Å². The molecule has 0 atom stereocenters. The minimum Gasteiger partial charge on any atom is -0.497 e. The zero-order chi connectivity index (χ0) is 18.0. The maximum atomic E-state index is 13.0. The van der Waals surface area contributed by atoms with Gasteiger partial charge in [0.25, 0.3) is 0 Å². The van der Waals surface area contributed by atoms with Crippen molar-refractivity contribution in [3.63, 3.8) is 0 Å². The van der Waals surface area contributed by atoms with Crippen LogP contribution in [0.1, 0.15) is 0 Å². The molecule has 0 saturated heterocycles. The molecule has 3 aromatic rings. The van der Waals surface area contributed by atoms with Crippen LogP contribution in [0.3, 0.4) is 0 Å². The van der Waals surface area contributed by atoms with Crippen LogP contribution < -0.4 is 24.4 Å². The lowest BCUT2D eigenvalue weighted by atomic mass is 10.0. The average molecular weight is 342 g/mol. The van der Waals surface area contributed by atoms with Crippen LogP contribution in [-0.4, -0.2) is 28.4 Å². The van der Waals surface area contributed by atoms with Crippen LogP contribution in [0, 0.1) is 0 Å². The monoisotopic (exact) mass is 342 g/mol. The Morgan fingerprint density at radius 3 is 2.08 bits per heavy atom. The van der Waals surface area contributed by atoms with Gasteiger partial charge in [-0.05, 0) is 23.8 Å². The van der Waals surface area contributed by atoms with Crippen molar-refractivity contribution in [2.75, 3.05) is 28.4 Å². The highest BCUT2D eigenvalue weighted by Gasteiger charge is 2.21. The fraction of sp³-hybridized carbons (Fsp3) is 0.211. The Balaban J connectivity index is 2.27. The highest BCUT2D eigenvalue weighted by atomic mass is 16.5. The minimum atomic E-state index is -0.189. The Kier molecular flexibility index (Phi) is 4.52. The number of benzene rings is 2. The summed E-state index contributed by atoms with van der Waals surface area (Å²) >= 11 is 0. The van der Waals surface area contributed by atoms with Gasteiger partial charge >= 0.3 is 0 Å². The Bertz CT molecular complexity index is 956. The van der Waals surface area contributed by atoms with Gasteiger partial charge in [0.15, 0.2) is 11.3 Å². The molecule has 0 amide bonds. The van der Waals surface area contributed by atoms with Crippen LogP contribution in [0.4, 0.5) is 0 Å². The normalized spacial score (nSPS) is 10.6. The van der Waals surface area contributed by atoms with Crippen molar-refractivity contribution in [1.82, 2.24) is 0 Å². The first kappa shape index (κ1) is 16.7. The van der Waals surface area contributed by atoms with Gasteiger partial charge in [-0.25, -0.2) is 0 Å². The van der Waals surface area contributed by atoms with Crippen LogP contribution in [0.5, 0.6) is 23.0 Å². The molecule has 25 heavy (non-hydrogen) atoms. The molecule has 0 N–H and O–H groups in total. The summed E-state index contributed by atoms with van der Waals surface area (Å²) in [6, 6.07) is 8.77. The Hall–Kier alpha value is -3.15. The quantitative estimate of drug-likeness (QED) is 0.707. The average Bonchev–Trinajstić information content (AvgIpc) is 2.67. The van der Waals surface area contributed by atoms with Gasteiger partial charge in [0.2, 0.25) is 16.9 Å². The first-order valence-corrected chi connectivity index (χ1v) is 7.53. The first-order chi connectivity index (χ1) is 12.1. The van der Waals surface area contributed by atoms with Gasteiger partial charge in [-0.1, -0.05) is 12.1 Å². The van der Waals surface area contributed by atoms with Gasteiger partial charge < -0.3 is 23.4 Å². The number of methoxy groups -OCH3 is 4. The molecule has 0 spiro atoms. The lowest BCUT2D eigenvalue weighted by Gasteiger charge is -2.14. The van der Waals surface area contributed by atoms with E-state index in [4.69, 9.17) is 23.4 Å². The van der Waals surface area contributed by atoms with E-state index in [-0.39, 0.29) is 5.43 Å². The maximum Gasteiger partial charge on any atom is 0.208 e. The number of rotatable bonds is 5. The van der Waals surface area contributed by atoms with E-state index in [2.05, 4.69) is 0 Å². The van der Waals surface area contributed by atoms with Crippen LogP contribution >= 0.6 is 0 Å². The van der Waals surface area contributed by atoms with Gasteiger partial charge in [0.1, 0.15) is 12.0 Å². The second kappa shape index (κ2) is 6.76. The fourth-order valence-electron chi connectivity index (χ4n) is 2.70. The maximum absolute atomic E-state index is 13.0. The third-order valence-corrected chi connectivity index (χ3v) is 3.97. The lowest BCUT2D eigenvalue weighted by molar-refractivity contribution is 0.323. The number of fused-ring (bicyclic) bond motifs is 1.